The van der Waals surface area contributed by atoms with Crippen LogP contribution in [0.1, 0.15) is 39.2 Å². The molecule has 0 aromatic carbocycles. The van der Waals surface area contributed by atoms with Gasteiger partial charge < -0.3 is 9.31 Å². The highest BCUT2D eigenvalue weighted by atomic mass is 16.7. The fourth-order valence-corrected chi connectivity index (χ4v) is 1.79. The molecule has 2 heterocycles. The molecule has 5 heteroatoms. The van der Waals surface area contributed by atoms with Crippen molar-refractivity contribution in [1.82, 2.24) is 9.97 Å². The summed E-state index contributed by atoms with van der Waals surface area (Å²) in [7, 11) is -0.374. The summed E-state index contributed by atoms with van der Waals surface area (Å²) in [5.41, 5.74) is 1.18. The van der Waals surface area contributed by atoms with Crippen molar-refractivity contribution >= 4 is 12.6 Å². The molecular formula is C12H19BN2O2. The van der Waals surface area contributed by atoms with Crippen LogP contribution in [0.5, 0.6) is 0 Å². The minimum Gasteiger partial charge on any atom is -0.399 e. The highest BCUT2D eigenvalue weighted by Gasteiger charge is 2.52. The second-order valence-corrected chi connectivity index (χ2v) is 5.55. The van der Waals surface area contributed by atoms with Crippen LogP contribution in [0.4, 0.5) is 0 Å². The fourth-order valence-electron chi connectivity index (χ4n) is 1.79. The molecule has 1 aromatic heterocycles. The standard InChI is InChI=1S/C12H19BN2O2/c1-8-10(7-14-9(2)15-8)13-16-11(3,4)12(5,6)17-13/h7H,1-6H3. The van der Waals surface area contributed by atoms with Gasteiger partial charge in [-0.1, -0.05) is 0 Å². The summed E-state index contributed by atoms with van der Waals surface area (Å²) in [6.07, 6.45) is 1.79. The summed E-state index contributed by atoms with van der Waals surface area (Å²) in [6.45, 7) is 12.0. The second-order valence-electron chi connectivity index (χ2n) is 5.55. The summed E-state index contributed by atoms with van der Waals surface area (Å²) < 4.78 is 11.9. The maximum absolute atomic E-state index is 5.97. The average Bonchev–Trinajstić information content (AvgIpc) is 2.35. The molecule has 2 rings (SSSR count). The maximum atomic E-state index is 5.97. The van der Waals surface area contributed by atoms with E-state index in [1.165, 1.54) is 0 Å². The number of hydrogen-bond acceptors (Lipinski definition) is 4. The predicted molar refractivity (Wildman–Crippen MR) is 67.2 cm³/mol. The van der Waals surface area contributed by atoms with E-state index in [0.29, 0.717) is 0 Å². The summed E-state index contributed by atoms with van der Waals surface area (Å²) in [5, 5.41) is 0. The molecule has 1 aromatic rings. The Hall–Kier alpha value is -0.935. The number of hydrogen-bond donors (Lipinski definition) is 0. The molecule has 4 nitrogen and oxygen atoms in total. The van der Waals surface area contributed by atoms with Crippen LogP contribution >= 0.6 is 0 Å². The molecule has 0 unspecified atom stereocenters. The van der Waals surface area contributed by atoms with Crippen molar-refractivity contribution < 1.29 is 9.31 Å². The van der Waals surface area contributed by atoms with E-state index < -0.39 is 0 Å². The summed E-state index contributed by atoms with van der Waals surface area (Å²) in [5.74, 6) is 0.766. The first-order valence-corrected chi connectivity index (χ1v) is 5.89. The van der Waals surface area contributed by atoms with Crippen LogP contribution in [0.15, 0.2) is 6.20 Å². The Morgan fingerprint density at radius 2 is 1.59 bits per heavy atom. The molecule has 0 radical (unpaired) electrons. The predicted octanol–water partition coefficient (Wildman–Crippen LogP) is 1.39. The smallest absolute Gasteiger partial charge is 0.399 e. The molecule has 0 spiro atoms. The van der Waals surface area contributed by atoms with Gasteiger partial charge in [0.05, 0.1) is 11.2 Å². The fraction of sp³-hybridized carbons (Fsp3) is 0.667. The molecule has 0 N–H and O–H groups in total. The van der Waals surface area contributed by atoms with Crippen molar-refractivity contribution in [3.8, 4) is 0 Å². The zero-order chi connectivity index (χ0) is 12.8. The second kappa shape index (κ2) is 3.78. The number of aromatic nitrogens is 2. The van der Waals surface area contributed by atoms with E-state index in [1.807, 2.05) is 41.5 Å². The molecule has 0 aliphatic carbocycles. The minimum absolute atomic E-state index is 0.324. The average molecular weight is 234 g/mol. The van der Waals surface area contributed by atoms with Crippen LogP contribution < -0.4 is 5.46 Å². The molecular weight excluding hydrogens is 215 g/mol. The molecule has 0 atom stereocenters. The third-order valence-corrected chi connectivity index (χ3v) is 3.64. The summed E-state index contributed by atoms with van der Waals surface area (Å²) in [4.78, 5) is 8.55. The van der Waals surface area contributed by atoms with Crippen LogP contribution in [0.2, 0.25) is 0 Å². The lowest BCUT2D eigenvalue weighted by Crippen LogP contribution is -2.41. The van der Waals surface area contributed by atoms with Crippen LogP contribution in [-0.2, 0) is 9.31 Å². The van der Waals surface area contributed by atoms with Gasteiger partial charge in [0.1, 0.15) is 5.82 Å². The van der Waals surface area contributed by atoms with Gasteiger partial charge in [-0.05, 0) is 41.5 Å². The third kappa shape index (κ3) is 2.09. The minimum atomic E-state index is -0.374. The van der Waals surface area contributed by atoms with Gasteiger partial charge in [0.25, 0.3) is 0 Å². The van der Waals surface area contributed by atoms with E-state index in [9.17, 15) is 0 Å². The van der Waals surface area contributed by atoms with Crippen LogP contribution in [-0.4, -0.2) is 28.3 Å². The summed E-state index contributed by atoms with van der Waals surface area (Å²) >= 11 is 0. The molecule has 0 amide bonds. The van der Waals surface area contributed by atoms with Gasteiger partial charge in [0.15, 0.2) is 0 Å². The number of rotatable bonds is 1. The van der Waals surface area contributed by atoms with E-state index in [1.54, 1.807) is 6.20 Å². The monoisotopic (exact) mass is 234 g/mol. The van der Waals surface area contributed by atoms with Crippen molar-refractivity contribution in [1.29, 1.82) is 0 Å². The quantitative estimate of drug-likeness (QED) is 0.689. The molecule has 1 saturated heterocycles. The van der Waals surface area contributed by atoms with Gasteiger partial charge in [0.2, 0.25) is 0 Å². The zero-order valence-corrected chi connectivity index (χ0v) is 11.4. The van der Waals surface area contributed by atoms with Gasteiger partial charge in [-0.15, -0.1) is 0 Å². The highest BCUT2D eigenvalue weighted by Crippen LogP contribution is 2.36. The molecule has 17 heavy (non-hydrogen) atoms. The van der Waals surface area contributed by atoms with Crippen molar-refractivity contribution in [2.75, 3.05) is 0 Å². The first-order chi connectivity index (χ1) is 7.73. The van der Waals surface area contributed by atoms with Gasteiger partial charge in [-0.25, -0.2) is 9.97 Å². The molecule has 92 valence electrons. The van der Waals surface area contributed by atoms with E-state index in [4.69, 9.17) is 9.31 Å². The normalized spacial score (nSPS) is 21.9. The van der Waals surface area contributed by atoms with Crippen molar-refractivity contribution in [3.05, 3.63) is 17.7 Å². The van der Waals surface area contributed by atoms with Crippen molar-refractivity contribution in [2.24, 2.45) is 0 Å². The van der Waals surface area contributed by atoms with E-state index >= 15 is 0 Å². The molecule has 0 bridgehead atoms. The number of nitrogens with zero attached hydrogens (tertiary/aromatic N) is 2. The highest BCUT2D eigenvalue weighted by molar-refractivity contribution is 6.62. The Balaban J connectivity index is 2.32. The Bertz CT molecular complexity index is 430. The first kappa shape index (κ1) is 12.5. The topological polar surface area (TPSA) is 44.2 Å². The molecule has 1 aliphatic rings. The molecule has 1 aliphatic heterocycles. The van der Waals surface area contributed by atoms with Crippen LogP contribution in [0.25, 0.3) is 0 Å². The lowest BCUT2D eigenvalue weighted by Gasteiger charge is -2.32. The first-order valence-electron chi connectivity index (χ1n) is 5.89. The SMILES string of the molecule is Cc1ncc(B2OC(C)(C)C(C)(C)O2)c(C)n1. The largest absolute Gasteiger partial charge is 0.498 e. The van der Waals surface area contributed by atoms with E-state index in [-0.39, 0.29) is 18.3 Å². The van der Waals surface area contributed by atoms with Crippen molar-refractivity contribution in [3.63, 3.8) is 0 Å². The maximum Gasteiger partial charge on any atom is 0.498 e. The Kier molecular flexibility index (Phi) is 2.79. The van der Waals surface area contributed by atoms with Crippen molar-refractivity contribution in [2.45, 2.75) is 52.7 Å². The number of aryl methyl sites for hydroxylation is 2. The van der Waals surface area contributed by atoms with Crippen LogP contribution in [0, 0.1) is 13.8 Å². The van der Waals surface area contributed by atoms with Crippen LogP contribution in [0.3, 0.4) is 0 Å². The Morgan fingerprint density at radius 1 is 1.06 bits per heavy atom. The van der Waals surface area contributed by atoms with E-state index in [0.717, 1.165) is 17.0 Å². The van der Waals surface area contributed by atoms with Gasteiger partial charge >= 0.3 is 7.12 Å². The molecule has 1 fully saturated rings. The van der Waals surface area contributed by atoms with Gasteiger partial charge in [-0.3, -0.25) is 0 Å². The van der Waals surface area contributed by atoms with Gasteiger partial charge in [-0.2, -0.15) is 0 Å². The lowest BCUT2D eigenvalue weighted by molar-refractivity contribution is 0.00578. The lowest BCUT2D eigenvalue weighted by atomic mass is 9.79. The van der Waals surface area contributed by atoms with Gasteiger partial charge in [0, 0.05) is 17.4 Å². The van der Waals surface area contributed by atoms with E-state index in [2.05, 4.69) is 9.97 Å². The molecule has 0 saturated carbocycles. The Labute approximate surface area is 103 Å². The zero-order valence-electron chi connectivity index (χ0n) is 11.4. The Morgan fingerprint density at radius 3 is 2.06 bits per heavy atom. The summed E-state index contributed by atoms with van der Waals surface area (Å²) in [6, 6.07) is 0. The third-order valence-electron chi connectivity index (χ3n) is 3.64.